The number of hydrogen-bond acceptors (Lipinski definition) is 4. The first kappa shape index (κ1) is 15.8. The lowest BCUT2D eigenvalue weighted by Gasteiger charge is -2.19. The van der Waals surface area contributed by atoms with Crippen molar-refractivity contribution in [2.24, 2.45) is 0 Å². The fourth-order valence-electron chi connectivity index (χ4n) is 1.52. The van der Waals surface area contributed by atoms with Crippen LogP contribution in [0.2, 0.25) is 0 Å². The molecule has 0 unspecified atom stereocenters. The molecule has 0 aliphatic rings. The molecule has 0 fully saturated rings. The van der Waals surface area contributed by atoms with Gasteiger partial charge in [0.2, 0.25) is 0 Å². The zero-order chi connectivity index (χ0) is 14.5. The van der Waals surface area contributed by atoms with Gasteiger partial charge in [0.25, 0.3) is 0 Å². The number of hydrogen-bond donors (Lipinski definition) is 1. The Balaban J connectivity index is 2.64. The third kappa shape index (κ3) is 4.42. The Labute approximate surface area is 116 Å². The Bertz CT molecular complexity index is 504. The molecule has 0 bridgehead atoms. The summed E-state index contributed by atoms with van der Waals surface area (Å²) in [5, 5.41) is 3.12. The lowest BCUT2D eigenvalue weighted by atomic mass is 10.3. The summed E-state index contributed by atoms with van der Waals surface area (Å²) in [4.78, 5) is 0. The molecule has 0 saturated heterocycles. The molecule has 1 aromatic rings. The standard InChI is InChI=1S/C14H23NO3S/c1-5-18-13-9-7-6-8-12(13)15-10-11-19(16,17)14(2,3)4/h6-9,15H,5,10-11H2,1-4H3. The smallest absolute Gasteiger partial charge is 0.156 e. The highest BCUT2D eigenvalue weighted by Gasteiger charge is 2.28. The van der Waals surface area contributed by atoms with E-state index in [2.05, 4.69) is 5.32 Å². The van der Waals surface area contributed by atoms with Crippen LogP contribution in [-0.2, 0) is 9.84 Å². The lowest BCUT2D eigenvalue weighted by Crippen LogP contribution is -2.32. The monoisotopic (exact) mass is 285 g/mol. The van der Waals surface area contributed by atoms with Crippen molar-refractivity contribution in [1.29, 1.82) is 0 Å². The molecule has 0 aromatic heterocycles. The van der Waals surface area contributed by atoms with Crippen molar-refractivity contribution in [3.8, 4) is 5.75 Å². The number of benzene rings is 1. The first-order chi connectivity index (χ1) is 8.78. The van der Waals surface area contributed by atoms with Gasteiger partial charge in [-0.2, -0.15) is 0 Å². The van der Waals surface area contributed by atoms with E-state index in [4.69, 9.17) is 4.74 Å². The van der Waals surface area contributed by atoms with Crippen molar-refractivity contribution in [2.75, 3.05) is 24.2 Å². The van der Waals surface area contributed by atoms with Crippen molar-refractivity contribution in [2.45, 2.75) is 32.4 Å². The van der Waals surface area contributed by atoms with Crippen LogP contribution in [0.4, 0.5) is 5.69 Å². The van der Waals surface area contributed by atoms with Gasteiger partial charge in [-0.15, -0.1) is 0 Å². The van der Waals surface area contributed by atoms with E-state index in [1.807, 2.05) is 31.2 Å². The van der Waals surface area contributed by atoms with E-state index in [1.165, 1.54) is 0 Å². The highest BCUT2D eigenvalue weighted by Crippen LogP contribution is 2.23. The normalized spacial score (nSPS) is 12.2. The van der Waals surface area contributed by atoms with E-state index in [0.29, 0.717) is 13.2 Å². The molecule has 1 aromatic carbocycles. The first-order valence-corrected chi connectivity index (χ1v) is 8.11. The molecule has 108 valence electrons. The maximum absolute atomic E-state index is 12.0. The molecule has 0 amide bonds. The quantitative estimate of drug-likeness (QED) is 0.873. The second-order valence-electron chi connectivity index (χ2n) is 5.29. The van der Waals surface area contributed by atoms with Crippen LogP contribution in [0.25, 0.3) is 0 Å². The minimum absolute atomic E-state index is 0.108. The summed E-state index contributed by atoms with van der Waals surface area (Å²) in [5.74, 6) is 0.856. The highest BCUT2D eigenvalue weighted by atomic mass is 32.2. The first-order valence-electron chi connectivity index (χ1n) is 6.46. The van der Waals surface area contributed by atoms with Crippen LogP contribution in [0.1, 0.15) is 27.7 Å². The largest absolute Gasteiger partial charge is 0.492 e. The summed E-state index contributed by atoms with van der Waals surface area (Å²) in [5.41, 5.74) is 0.827. The molecular formula is C14H23NO3S. The number of ether oxygens (including phenoxy) is 1. The van der Waals surface area contributed by atoms with Crippen molar-refractivity contribution < 1.29 is 13.2 Å². The van der Waals surface area contributed by atoms with Gasteiger partial charge in [0.1, 0.15) is 5.75 Å². The van der Waals surface area contributed by atoms with Crippen molar-refractivity contribution in [3.05, 3.63) is 24.3 Å². The summed E-state index contributed by atoms with van der Waals surface area (Å²) in [6, 6.07) is 7.53. The Morgan fingerprint density at radius 3 is 2.42 bits per heavy atom. The van der Waals surface area contributed by atoms with Gasteiger partial charge < -0.3 is 10.1 Å². The third-order valence-electron chi connectivity index (χ3n) is 2.81. The predicted octanol–water partition coefficient (Wildman–Crippen LogP) is 2.71. The fraction of sp³-hybridized carbons (Fsp3) is 0.571. The molecule has 0 saturated carbocycles. The van der Waals surface area contributed by atoms with E-state index in [9.17, 15) is 8.42 Å². The molecule has 0 radical (unpaired) electrons. The molecule has 1 N–H and O–H groups in total. The van der Waals surface area contributed by atoms with Gasteiger partial charge in [0, 0.05) is 6.54 Å². The Hall–Kier alpha value is -1.23. The molecule has 5 heteroatoms. The topological polar surface area (TPSA) is 55.4 Å². The van der Waals surface area contributed by atoms with Crippen molar-refractivity contribution >= 4 is 15.5 Å². The minimum Gasteiger partial charge on any atom is -0.492 e. The highest BCUT2D eigenvalue weighted by molar-refractivity contribution is 7.92. The van der Waals surface area contributed by atoms with E-state index >= 15 is 0 Å². The molecular weight excluding hydrogens is 262 g/mol. The predicted molar refractivity (Wildman–Crippen MR) is 79.6 cm³/mol. The summed E-state index contributed by atoms with van der Waals surface area (Å²) < 4.78 is 28.7. The van der Waals surface area contributed by atoms with Crippen LogP contribution in [0.5, 0.6) is 5.75 Å². The zero-order valence-electron chi connectivity index (χ0n) is 12.1. The van der Waals surface area contributed by atoms with Crippen LogP contribution in [-0.4, -0.2) is 32.1 Å². The Morgan fingerprint density at radius 1 is 1.21 bits per heavy atom. The second kappa shape index (κ2) is 6.28. The summed E-state index contributed by atoms with van der Waals surface area (Å²) >= 11 is 0. The number of anilines is 1. The van der Waals surface area contributed by atoms with Crippen molar-refractivity contribution in [1.82, 2.24) is 0 Å². The van der Waals surface area contributed by atoms with Gasteiger partial charge in [-0.3, -0.25) is 0 Å². The number of sulfone groups is 1. The van der Waals surface area contributed by atoms with E-state index < -0.39 is 14.6 Å². The number of para-hydroxylation sites is 2. The SMILES string of the molecule is CCOc1ccccc1NCCS(=O)(=O)C(C)(C)C. The molecule has 1 rings (SSSR count). The average molecular weight is 285 g/mol. The maximum Gasteiger partial charge on any atom is 0.156 e. The van der Waals surface area contributed by atoms with Crippen LogP contribution >= 0.6 is 0 Å². The third-order valence-corrected chi connectivity index (χ3v) is 5.41. The second-order valence-corrected chi connectivity index (χ2v) is 8.15. The van der Waals surface area contributed by atoms with Gasteiger partial charge in [-0.1, -0.05) is 12.1 Å². The molecule has 4 nitrogen and oxygen atoms in total. The molecule has 19 heavy (non-hydrogen) atoms. The minimum atomic E-state index is -3.10. The van der Waals surface area contributed by atoms with Gasteiger partial charge in [0.05, 0.1) is 22.8 Å². The average Bonchev–Trinajstić information content (AvgIpc) is 2.30. The maximum atomic E-state index is 12.0. The summed E-state index contributed by atoms with van der Waals surface area (Å²) in [7, 11) is -3.10. The number of rotatable bonds is 6. The molecule has 0 aliphatic heterocycles. The fourth-order valence-corrected chi connectivity index (χ4v) is 2.50. The van der Waals surface area contributed by atoms with E-state index in [1.54, 1.807) is 20.8 Å². The van der Waals surface area contributed by atoms with Gasteiger partial charge in [-0.25, -0.2) is 8.42 Å². The molecule has 0 spiro atoms. The van der Waals surface area contributed by atoms with Crippen LogP contribution in [0.15, 0.2) is 24.3 Å². The van der Waals surface area contributed by atoms with Crippen LogP contribution < -0.4 is 10.1 Å². The Morgan fingerprint density at radius 2 is 1.84 bits per heavy atom. The van der Waals surface area contributed by atoms with Crippen LogP contribution in [0.3, 0.4) is 0 Å². The summed E-state index contributed by atoms with van der Waals surface area (Å²) in [6.45, 7) is 8.03. The molecule has 0 atom stereocenters. The van der Waals surface area contributed by atoms with Gasteiger partial charge in [0.15, 0.2) is 9.84 Å². The van der Waals surface area contributed by atoms with E-state index in [0.717, 1.165) is 11.4 Å². The Kier molecular flexibility index (Phi) is 5.23. The van der Waals surface area contributed by atoms with Gasteiger partial charge in [-0.05, 0) is 39.8 Å². The molecule has 0 heterocycles. The molecule has 0 aliphatic carbocycles. The van der Waals surface area contributed by atoms with Crippen molar-refractivity contribution in [3.63, 3.8) is 0 Å². The van der Waals surface area contributed by atoms with Gasteiger partial charge >= 0.3 is 0 Å². The van der Waals surface area contributed by atoms with E-state index in [-0.39, 0.29) is 5.75 Å². The lowest BCUT2D eigenvalue weighted by molar-refractivity contribution is 0.342. The number of nitrogens with one attached hydrogen (secondary N) is 1. The summed E-state index contributed by atoms with van der Waals surface area (Å²) in [6.07, 6.45) is 0. The van der Waals surface area contributed by atoms with Crippen LogP contribution in [0, 0.1) is 0 Å². The zero-order valence-corrected chi connectivity index (χ0v) is 12.9.